The molecule has 18 heavy (non-hydrogen) atoms. The average molecular weight is 267 g/mol. The zero-order chi connectivity index (χ0) is 13.3. The van der Waals surface area contributed by atoms with Crippen molar-refractivity contribution in [2.75, 3.05) is 0 Å². The van der Waals surface area contributed by atoms with E-state index < -0.39 is 4.92 Å². The van der Waals surface area contributed by atoms with E-state index >= 15 is 0 Å². The molecule has 0 N–H and O–H groups in total. The predicted molar refractivity (Wildman–Crippen MR) is 65.1 cm³/mol. The second kappa shape index (κ2) is 4.77. The van der Waals surface area contributed by atoms with E-state index in [1.165, 1.54) is 28.6 Å². The van der Waals surface area contributed by atoms with Crippen LogP contribution in [0.1, 0.15) is 5.69 Å². The first-order valence-corrected chi connectivity index (χ1v) is 5.92. The first kappa shape index (κ1) is 12.6. The van der Waals surface area contributed by atoms with Gasteiger partial charge in [0, 0.05) is 11.9 Å². The summed E-state index contributed by atoms with van der Waals surface area (Å²) in [5.41, 5.74) is 0.360. The Bertz CT molecular complexity index is 595. The monoisotopic (exact) mass is 267 g/mol. The third-order valence-electron chi connectivity index (χ3n) is 2.35. The van der Waals surface area contributed by atoms with Crippen LogP contribution in [-0.4, -0.2) is 14.7 Å². The molecule has 0 saturated carbocycles. The lowest BCUT2D eigenvalue weighted by atomic mass is 10.4. The molecule has 0 amide bonds. The van der Waals surface area contributed by atoms with Crippen molar-refractivity contribution in [2.45, 2.75) is 16.8 Å². The quantitative estimate of drug-likeness (QED) is 0.633. The second-order valence-electron chi connectivity index (χ2n) is 3.68. The Balaban J connectivity index is 2.39. The van der Waals surface area contributed by atoms with Crippen molar-refractivity contribution in [3.05, 3.63) is 45.9 Å². The van der Waals surface area contributed by atoms with Gasteiger partial charge in [-0.05, 0) is 31.2 Å². The van der Waals surface area contributed by atoms with Crippen LogP contribution in [0.4, 0.5) is 10.1 Å². The minimum absolute atomic E-state index is 0.00757. The molecule has 5 nitrogen and oxygen atoms in total. The van der Waals surface area contributed by atoms with E-state index in [0.717, 1.165) is 4.90 Å². The maximum Gasteiger partial charge on any atom is 0.324 e. The maximum atomic E-state index is 12.8. The Labute approximate surface area is 107 Å². The SMILES string of the molecule is Cc1nn(C)c(Sc2ccc(F)cc2)c1[N+](=O)[O-]. The van der Waals surface area contributed by atoms with Gasteiger partial charge in [-0.25, -0.2) is 4.39 Å². The molecule has 7 heteroatoms. The molecule has 0 spiro atoms. The normalized spacial score (nSPS) is 10.6. The molecule has 94 valence electrons. The van der Waals surface area contributed by atoms with Crippen LogP contribution in [0, 0.1) is 22.9 Å². The number of rotatable bonds is 3. The van der Waals surface area contributed by atoms with Gasteiger partial charge >= 0.3 is 5.69 Å². The lowest BCUT2D eigenvalue weighted by molar-refractivity contribution is -0.388. The molecule has 0 aliphatic rings. The van der Waals surface area contributed by atoms with Gasteiger partial charge in [0.25, 0.3) is 0 Å². The van der Waals surface area contributed by atoms with E-state index in [1.807, 2.05) is 0 Å². The van der Waals surface area contributed by atoms with Gasteiger partial charge in [-0.3, -0.25) is 14.8 Å². The van der Waals surface area contributed by atoms with Gasteiger partial charge in [0.05, 0.1) is 4.92 Å². The van der Waals surface area contributed by atoms with Crippen LogP contribution in [0.15, 0.2) is 34.2 Å². The van der Waals surface area contributed by atoms with Gasteiger partial charge in [-0.15, -0.1) is 0 Å². The van der Waals surface area contributed by atoms with Gasteiger partial charge in [-0.2, -0.15) is 5.10 Å². The summed E-state index contributed by atoms with van der Waals surface area (Å²) in [4.78, 5) is 11.3. The van der Waals surface area contributed by atoms with E-state index in [1.54, 1.807) is 26.1 Å². The Hall–Kier alpha value is -1.89. The van der Waals surface area contributed by atoms with Gasteiger partial charge in [0.1, 0.15) is 11.5 Å². The molecular weight excluding hydrogens is 257 g/mol. The molecule has 2 rings (SSSR count). The molecule has 2 aromatic rings. The van der Waals surface area contributed by atoms with Crippen LogP contribution in [0.2, 0.25) is 0 Å². The van der Waals surface area contributed by atoms with E-state index in [0.29, 0.717) is 10.7 Å². The summed E-state index contributed by atoms with van der Waals surface area (Å²) in [7, 11) is 1.64. The minimum atomic E-state index is -0.450. The van der Waals surface area contributed by atoms with Crippen molar-refractivity contribution in [2.24, 2.45) is 7.05 Å². The molecule has 0 aliphatic heterocycles. The topological polar surface area (TPSA) is 61.0 Å². The summed E-state index contributed by atoms with van der Waals surface area (Å²) in [5.74, 6) is -0.338. The lowest BCUT2D eigenvalue weighted by Gasteiger charge is -2.01. The van der Waals surface area contributed by atoms with Gasteiger partial charge in [-0.1, -0.05) is 11.8 Å². The van der Waals surface area contributed by atoms with Crippen molar-refractivity contribution in [1.82, 2.24) is 9.78 Å². The predicted octanol–water partition coefficient (Wildman–Crippen LogP) is 2.93. The molecule has 0 fully saturated rings. The molecule has 0 atom stereocenters. The lowest BCUT2D eigenvalue weighted by Crippen LogP contribution is -1.94. The smallest absolute Gasteiger partial charge is 0.258 e. The molecule has 0 aliphatic carbocycles. The Kier molecular flexibility index (Phi) is 3.33. The number of aryl methyl sites for hydroxylation is 2. The van der Waals surface area contributed by atoms with E-state index in [-0.39, 0.29) is 11.5 Å². The van der Waals surface area contributed by atoms with Crippen LogP contribution >= 0.6 is 11.8 Å². The highest BCUT2D eigenvalue weighted by atomic mass is 32.2. The number of hydrogen-bond acceptors (Lipinski definition) is 4. The van der Waals surface area contributed by atoms with Crippen molar-refractivity contribution >= 4 is 17.4 Å². The number of benzene rings is 1. The fraction of sp³-hybridized carbons (Fsp3) is 0.182. The van der Waals surface area contributed by atoms with Crippen LogP contribution in [0.5, 0.6) is 0 Å². The van der Waals surface area contributed by atoms with Gasteiger partial charge in [0.15, 0.2) is 5.03 Å². The fourth-order valence-corrected chi connectivity index (χ4v) is 2.55. The number of hydrogen-bond donors (Lipinski definition) is 0. The summed E-state index contributed by atoms with van der Waals surface area (Å²) in [6, 6.07) is 5.78. The summed E-state index contributed by atoms with van der Waals surface area (Å²) in [6.45, 7) is 1.59. The largest absolute Gasteiger partial charge is 0.324 e. The highest BCUT2D eigenvalue weighted by Gasteiger charge is 2.24. The molecule has 1 heterocycles. The van der Waals surface area contributed by atoms with Crippen molar-refractivity contribution in [3.8, 4) is 0 Å². The number of nitro groups is 1. The van der Waals surface area contributed by atoms with Gasteiger partial charge in [0.2, 0.25) is 0 Å². The van der Waals surface area contributed by atoms with Crippen LogP contribution in [-0.2, 0) is 7.05 Å². The van der Waals surface area contributed by atoms with Crippen molar-refractivity contribution < 1.29 is 9.31 Å². The third-order valence-corrected chi connectivity index (χ3v) is 3.51. The minimum Gasteiger partial charge on any atom is -0.258 e. The molecule has 1 aromatic carbocycles. The first-order valence-electron chi connectivity index (χ1n) is 5.10. The maximum absolute atomic E-state index is 12.8. The number of halogens is 1. The Morgan fingerprint density at radius 1 is 1.39 bits per heavy atom. The van der Waals surface area contributed by atoms with E-state index in [4.69, 9.17) is 0 Å². The first-order chi connectivity index (χ1) is 8.49. The van der Waals surface area contributed by atoms with Gasteiger partial charge < -0.3 is 0 Å². The van der Waals surface area contributed by atoms with E-state index in [2.05, 4.69) is 5.10 Å². The average Bonchev–Trinajstić information content (AvgIpc) is 2.57. The summed E-state index contributed by atoms with van der Waals surface area (Å²) < 4.78 is 14.2. The Morgan fingerprint density at radius 3 is 2.56 bits per heavy atom. The fourth-order valence-electron chi connectivity index (χ4n) is 1.56. The highest BCUT2D eigenvalue weighted by molar-refractivity contribution is 7.99. The van der Waals surface area contributed by atoms with E-state index in [9.17, 15) is 14.5 Å². The summed E-state index contributed by atoms with van der Waals surface area (Å²) in [6.07, 6.45) is 0. The summed E-state index contributed by atoms with van der Waals surface area (Å²) >= 11 is 1.19. The molecule has 0 unspecified atom stereocenters. The van der Waals surface area contributed by atoms with Crippen LogP contribution in [0.3, 0.4) is 0 Å². The van der Waals surface area contributed by atoms with Crippen LogP contribution < -0.4 is 0 Å². The second-order valence-corrected chi connectivity index (χ2v) is 4.74. The molecule has 0 radical (unpaired) electrons. The summed E-state index contributed by atoms with van der Waals surface area (Å²) in [5, 5.41) is 15.4. The van der Waals surface area contributed by atoms with Crippen molar-refractivity contribution in [1.29, 1.82) is 0 Å². The standard InChI is InChI=1S/C11H10FN3O2S/c1-7-10(15(16)17)11(14(2)13-7)18-9-5-3-8(12)4-6-9/h3-6H,1-2H3. The molecule has 0 saturated heterocycles. The Morgan fingerprint density at radius 2 is 2.00 bits per heavy atom. The molecule has 0 bridgehead atoms. The highest BCUT2D eigenvalue weighted by Crippen LogP contribution is 2.36. The molecular formula is C11H10FN3O2S. The zero-order valence-electron chi connectivity index (χ0n) is 9.75. The molecule has 1 aromatic heterocycles. The third kappa shape index (κ3) is 2.35. The number of nitrogens with zero attached hydrogens (tertiary/aromatic N) is 3. The zero-order valence-corrected chi connectivity index (χ0v) is 10.6. The number of aromatic nitrogens is 2. The van der Waals surface area contributed by atoms with Crippen molar-refractivity contribution in [3.63, 3.8) is 0 Å². The van der Waals surface area contributed by atoms with Crippen LogP contribution in [0.25, 0.3) is 0 Å².